The van der Waals surface area contributed by atoms with E-state index in [-0.39, 0.29) is 57.3 Å². The predicted molar refractivity (Wildman–Crippen MR) is 155 cm³/mol. The number of pyridine rings is 2. The first-order valence-electron chi connectivity index (χ1n) is 15.7. The Morgan fingerprint density at radius 3 is 2.86 bits per heavy atom. The number of hydrogen-bond acceptors (Lipinski definition) is 7. The topological polar surface area (TPSA) is 67.3 Å². The molecule has 0 radical (unpaired) electrons. The van der Waals surface area contributed by atoms with E-state index >= 15 is 4.39 Å². The fraction of sp³-hybridized carbons (Fsp3) is 0.484. The van der Waals surface area contributed by atoms with E-state index in [9.17, 15) is 13.2 Å². The number of anilines is 1. The Balaban J connectivity index is 1.30. The average Bonchev–Trinajstić information content (AvgIpc) is 3.37. The van der Waals surface area contributed by atoms with Crippen molar-refractivity contribution in [3.8, 4) is 17.3 Å². The summed E-state index contributed by atoms with van der Waals surface area (Å²) >= 11 is 6.33. The lowest BCUT2D eigenvalue weighted by Gasteiger charge is -2.31. The lowest BCUT2D eigenvalue weighted by Crippen LogP contribution is -2.43. The number of fused-ring (bicyclic) bond motifs is 4. The normalized spacial score (nSPS) is 29.7. The molecule has 3 aromatic heterocycles. The molecule has 0 N–H and O–H groups in total. The minimum Gasteiger partial charge on any atom is -0.461 e. The Morgan fingerprint density at radius 2 is 1.98 bits per heavy atom. The average molecular weight is 615 g/mol. The van der Waals surface area contributed by atoms with Gasteiger partial charge in [0.05, 0.1) is 24.7 Å². The molecule has 4 aromatic rings. The molecule has 0 spiro atoms. The van der Waals surface area contributed by atoms with Crippen molar-refractivity contribution >= 4 is 39.1 Å². The van der Waals surface area contributed by atoms with E-state index in [0.29, 0.717) is 31.3 Å². The Morgan fingerprint density at radius 1 is 1.09 bits per heavy atom. The molecule has 4 aliphatic rings. The van der Waals surface area contributed by atoms with Gasteiger partial charge in [0.1, 0.15) is 41.7 Å². The Kier molecular flexibility index (Phi) is 5.90. The first-order chi connectivity index (χ1) is 21.6. The molecule has 3 saturated heterocycles. The lowest BCUT2D eigenvalue weighted by molar-refractivity contribution is 0.107. The van der Waals surface area contributed by atoms with Gasteiger partial charge in [-0.25, -0.2) is 17.6 Å². The van der Waals surface area contributed by atoms with Crippen LogP contribution in [0.2, 0.25) is 5.02 Å². The molecule has 1 aromatic carbocycles. The van der Waals surface area contributed by atoms with E-state index < -0.39 is 48.1 Å². The lowest BCUT2D eigenvalue weighted by atomic mass is 9.95. The third-order valence-corrected chi connectivity index (χ3v) is 9.87. The first kappa shape index (κ1) is 25.1. The summed E-state index contributed by atoms with van der Waals surface area (Å²) in [5.74, 6) is -1.59. The summed E-state index contributed by atoms with van der Waals surface area (Å²) in [4.78, 5) is 21.0. The van der Waals surface area contributed by atoms with Gasteiger partial charge in [0.25, 0.3) is 0 Å². The van der Waals surface area contributed by atoms with Gasteiger partial charge in [-0.2, -0.15) is 9.97 Å². The highest BCUT2D eigenvalue weighted by atomic mass is 35.5. The van der Waals surface area contributed by atoms with Gasteiger partial charge in [-0.3, -0.25) is 14.9 Å². The summed E-state index contributed by atoms with van der Waals surface area (Å²) in [5.41, 5.74) is -1.52. The van der Waals surface area contributed by atoms with Crippen LogP contribution in [0.5, 0.6) is 6.01 Å². The van der Waals surface area contributed by atoms with Crippen molar-refractivity contribution in [2.45, 2.75) is 62.4 Å². The van der Waals surface area contributed by atoms with Gasteiger partial charge in [0.15, 0.2) is 5.82 Å². The second-order valence-corrected chi connectivity index (χ2v) is 12.4. The summed E-state index contributed by atoms with van der Waals surface area (Å²) in [5, 5.41) is 0.672. The van der Waals surface area contributed by atoms with Gasteiger partial charge in [-0.05, 0) is 44.4 Å². The highest BCUT2D eigenvalue weighted by Crippen LogP contribution is 2.48. The van der Waals surface area contributed by atoms with E-state index in [1.54, 1.807) is 9.80 Å². The molecule has 12 heteroatoms. The van der Waals surface area contributed by atoms with Gasteiger partial charge in [-0.1, -0.05) is 18.0 Å². The largest absolute Gasteiger partial charge is 0.461 e. The quantitative estimate of drug-likeness (QED) is 0.239. The molecular weight excluding hydrogens is 584 g/mol. The van der Waals surface area contributed by atoms with Crippen LogP contribution in [0.4, 0.5) is 23.4 Å². The fourth-order valence-electron chi connectivity index (χ4n) is 7.36. The van der Waals surface area contributed by atoms with Crippen LogP contribution in [-0.2, 0) is 0 Å². The van der Waals surface area contributed by atoms with Crippen molar-refractivity contribution in [1.82, 2.24) is 24.8 Å². The maximum atomic E-state index is 16.7. The molecule has 224 valence electrons. The highest BCUT2D eigenvalue weighted by molar-refractivity contribution is 6.36. The number of ether oxygens (including phenoxy) is 1. The molecular formula is C31H29ClF4N6O. The van der Waals surface area contributed by atoms with E-state index in [0.717, 1.165) is 19.3 Å². The van der Waals surface area contributed by atoms with E-state index in [1.807, 2.05) is 0 Å². The Hall–Kier alpha value is -3.31. The summed E-state index contributed by atoms with van der Waals surface area (Å²) < 4.78 is 84.7. The van der Waals surface area contributed by atoms with E-state index in [1.165, 1.54) is 30.7 Å². The SMILES string of the molecule is [2H]C([2H])(Oc1nc(N2CCCC[C@H]3[C@H](F)[C@H]32)c2cnc(-c3cncc4ccc(F)c(Cl)c34)c(F)c2n1)[C@@]12CCCN1C[C@H](F)C2. The zero-order valence-electron chi connectivity index (χ0n) is 25.0. The number of nitrogens with zero attached hydrogens (tertiary/aromatic N) is 6. The fourth-order valence-corrected chi connectivity index (χ4v) is 7.64. The monoisotopic (exact) mass is 614 g/mol. The third kappa shape index (κ3) is 4.33. The Bertz CT molecular complexity index is 1850. The number of rotatable bonds is 5. The maximum Gasteiger partial charge on any atom is 0.319 e. The van der Waals surface area contributed by atoms with Crippen molar-refractivity contribution < 1.29 is 25.0 Å². The molecule has 1 saturated carbocycles. The molecule has 0 unspecified atom stereocenters. The standard InChI is InChI=1S/C31H29ClF4N6O/c32-23-21(34)6-5-16-11-37-12-19(22(16)23)26-25(36)27-20(13-38-26)29(42-9-2-1-4-18-24(35)28(18)42)40-30(39-27)43-15-31-7-3-8-41(31)14-17(33)10-31/h5-6,11-13,17-18,24,28H,1-4,7-10,14-15H2/t17-,18+,24+,28+,31+/m1/s1/i15D2. The smallest absolute Gasteiger partial charge is 0.319 e. The molecule has 0 bridgehead atoms. The molecule has 6 heterocycles. The van der Waals surface area contributed by atoms with Crippen LogP contribution in [0, 0.1) is 17.6 Å². The summed E-state index contributed by atoms with van der Waals surface area (Å²) in [6, 6.07) is 1.77. The van der Waals surface area contributed by atoms with Gasteiger partial charge in [0, 0.05) is 60.4 Å². The van der Waals surface area contributed by atoms with Crippen LogP contribution in [-0.4, -0.2) is 75.0 Å². The molecule has 43 heavy (non-hydrogen) atoms. The molecule has 5 atom stereocenters. The summed E-state index contributed by atoms with van der Waals surface area (Å²) in [6.07, 6.45) is 5.24. The Labute approximate surface area is 253 Å². The van der Waals surface area contributed by atoms with Crippen LogP contribution in [0.3, 0.4) is 0 Å². The van der Waals surface area contributed by atoms with Crippen molar-refractivity contribution in [2.24, 2.45) is 5.92 Å². The van der Waals surface area contributed by atoms with Crippen LogP contribution >= 0.6 is 11.6 Å². The third-order valence-electron chi connectivity index (χ3n) is 9.50. The summed E-state index contributed by atoms with van der Waals surface area (Å²) in [7, 11) is 0. The van der Waals surface area contributed by atoms with Crippen molar-refractivity contribution in [3.63, 3.8) is 0 Å². The predicted octanol–water partition coefficient (Wildman–Crippen LogP) is 6.45. The number of hydrogen-bond donors (Lipinski definition) is 0. The zero-order chi connectivity index (χ0) is 31.2. The number of halogens is 5. The van der Waals surface area contributed by atoms with Crippen LogP contribution in [0.1, 0.15) is 41.3 Å². The van der Waals surface area contributed by atoms with Gasteiger partial charge < -0.3 is 9.64 Å². The highest BCUT2D eigenvalue weighted by Gasteiger charge is 2.55. The summed E-state index contributed by atoms with van der Waals surface area (Å²) in [6.45, 7) is -1.33. The molecule has 0 amide bonds. The molecule has 3 aliphatic heterocycles. The minimum atomic E-state index is -2.42. The molecule has 8 rings (SSSR count). The van der Waals surface area contributed by atoms with Gasteiger partial charge in [-0.15, -0.1) is 0 Å². The first-order valence-corrected chi connectivity index (χ1v) is 15.0. The van der Waals surface area contributed by atoms with Crippen molar-refractivity contribution in [1.29, 1.82) is 0 Å². The van der Waals surface area contributed by atoms with Gasteiger partial charge >= 0.3 is 6.01 Å². The van der Waals surface area contributed by atoms with Crippen LogP contribution in [0.15, 0.2) is 30.7 Å². The maximum absolute atomic E-state index is 16.7. The van der Waals surface area contributed by atoms with Gasteiger partial charge in [0.2, 0.25) is 0 Å². The number of alkyl halides is 2. The molecule has 4 fully saturated rings. The van der Waals surface area contributed by atoms with Crippen molar-refractivity contribution in [2.75, 3.05) is 31.1 Å². The van der Waals surface area contributed by atoms with E-state index in [2.05, 4.69) is 19.9 Å². The molecule has 1 aliphatic carbocycles. The van der Waals surface area contributed by atoms with Crippen LogP contribution < -0.4 is 9.64 Å². The number of benzene rings is 1. The van der Waals surface area contributed by atoms with Crippen LogP contribution in [0.25, 0.3) is 32.9 Å². The molecule has 7 nitrogen and oxygen atoms in total. The second kappa shape index (κ2) is 10.1. The minimum absolute atomic E-state index is 0.0479. The van der Waals surface area contributed by atoms with Crippen molar-refractivity contribution in [3.05, 3.63) is 47.4 Å². The zero-order valence-corrected chi connectivity index (χ0v) is 23.8. The van der Waals surface area contributed by atoms with E-state index in [4.69, 9.17) is 19.1 Å². The second-order valence-electron chi connectivity index (χ2n) is 12.0. The number of aromatic nitrogens is 4.